The number of methoxy groups -OCH3 is 1. The van der Waals surface area contributed by atoms with Crippen molar-refractivity contribution in [2.75, 3.05) is 12.1 Å². The fraction of sp³-hybridized carbons (Fsp3) is 0.0833. The van der Waals surface area contributed by atoms with E-state index in [-0.39, 0.29) is 27.3 Å². The fourth-order valence-electron chi connectivity index (χ4n) is 3.24. The Labute approximate surface area is 196 Å². The topological polar surface area (TPSA) is 85.3 Å². The molecule has 0 aromatic heterocycles. The predicted octanol–water partition coefficient (Wildman–Crippen LogP) is 4.92. The van der Waals surface area contributed by atoms with Gasteiger partial charge in [0.15, 0.2) is 5.75 Å². The van der Waals surface area contributed by atoms with Crippen molar-refractivity contribution < 1.29 is 22.1 Å². The van der Waals surface area contributed by atoms with Gasteiger partial charge in [0.2, 0.25) is 5.75 Å². The minimum atomic E-state index is -4.12. The zero-order valence-corrected chi connectivity index (χ0v) is 19.3. The zero-order valence-electron chi connectivity index (χ0n) is 17.7. The molecule has 9 heteroatoms. The van der Waals surface area contributed by atoms with E-state index < -0.39 is 10.1 Å². The molecule has 0 unspecified atom stereocenters. The Bertz CT molecular complexity index is 1370. The molecular weight excluding hydrogens is 464 g/mol. The molecule has 0 radical (unpaired) electrons. The summed E-state index contributed by atoms with van der Waals surface area (Å²) in [5, 5.41) is 5.68. The van der Waals surface area contributed by atoms with Crippen molar-refractivity contribution in [3.05, 3.63) is 89.0 Å². The van der Waals surface area contributed by atoms with E-state index in [1.807, 2.05) is 18.2 Å². The quantitative estimate of drug-likeness (QED) is 0.367. The number of hydrogen-bond donors (Lipinski definition) is 0. The third-order valence-electron chi connectivity index (χ3n) is 4.85. The smallest absolute Gasteiger partial charge is 0.339 e. The maximum absolute atomic E-state index is 12.9. The second-order valence-corrected chi connectivity index (χ2v) is 9.03. The maximum atomic E-state index is 12.9. The molecule has 1 amide bonds. The standard InChI is InChI=1S/C24H19ClN2O5S/c1-16-20(24(28)27(26-16)18-9-5-3-6-10-18)13-17-14-21(25)23(22(15-17)31-2)32-33(29,30)19-11-7-4-8-12-19/h3-15H,1-2H3/b20-13+. The van der Waals surface area contributed by atoms with E-state index in [2.05, 4.69) is 5.10 Å². The van der Waals surface area contributed by atoms with E-state index in [1.165, 1.54) is 30.3 Å². The van der Waals surface area contributed by atoms with Crippen molar-refractivity contribution in [2.45, 2.75) is 11.8 Å². The highest BCUT2D eigenvalue weighted by molar-refractivity contribution is 7.87. The molecule has 0 spiro atoms. The van der Waals surface area contributed by atoms with Gasteiger partial charge < -0.3 is 8.92 Å². The molecule has 0 bridgehead atoms. The van der Waals surface area contributed by atoms with E-state index in [9.17, 15) is 13.2 Å². The Morgan fingerprint density at radius 1 is 1.00 bits per heavy atom. The van der Waals surface area contributed by atoms with Crippen molar-refractivity contribution in [3.63, 3.8) is 0 Å². The first-order valence-electron chi connectivity index (χ1n) is 9.84. The summed E-state index contributed by atoms with van der Waals surface area (Å²) < 4.78 is 35.9. The minimum Gasteiger partial charge on any atom is -0.493 e. The average Bonchev–Trinajstić information content (AvgIpc) is 3.10. The number of anilines is 1. The number of hydrogen-bond acceptors (Lipinski definition) is 6. The van der Waals surface area contributed by atoms with E-state index >= 15 is 0 Å². The molecule has 0 saturated carbocycles. The lowest BCUT2D eigenvalue weighted by molar-refractivity contribution is -0.114. The third kappa shape index (κ3) is 4.62. The summed E-state index contributed by atoms with van der Waals surface area (Å²) in [6.07, 6.45) is 1.62. The molecule has 4 rings (SSSR count). The summed E-state index contributed by atoms with van der Waals surface area (Å²) in [7, 11) is -2.75. The molecule has 1 aliphatic heterocycles. The fourth-order valence-corrected chi connectivity index (χ4v) is 4.53. The van der Waals surface area contributed by atoms with Crippen LogP contribution in [0.4, 0.5) is 5.69 Å². The zero-order chi connectivity index (χ0) is 23.6. The Kier molecular flexibility index (Phi) is 6.22. The van der Waals surface area contributed by atoms with Gasteiger partial charge in [-0.2, -0.15) is 18.5 Å². The number of benzene rings is 3. The van der Waals surface area contributed by atoms with Crippen LogP contribution >= 0.6 is 11.6 Å². The lowest BCUT2D eigenvalue weighted by Crippen LogP contribution is -2.21. The number of halogens is 1. The summed E-state index contributed by atoms with van der Waals surface area (Å²) in [4.78, 5) is 12.9. The van der Waals surface area contributed by atoms with E-state index in [0.29, 0.717) is 22.5 Å². The van der Waals surface area contributed by atoms with Crippen LogP contribution in [0, 0.1) is 0 Å². The first-order chi connectivity index (χ1) is 15.8. The normalized spacial score (nSPS) is 15.0. The molecule has 0 aliphatic carbocycles. The number of carbonyl (C=O) groups is 1. The van der Waals surface area contributed by atoms with Crippen LogP contribution in [0.2, 0.25) is 5.02 Å². The predicted molar refractivity (Wildman–Crippen MR) is 127 cm³/mol. The Balaban J connectivity index is 1.67. The largest absolute Gasteiger partial charge is 0.493 e. The number of carbonyl (C=O) groups excluding carboxylic acids is 1. The SMILES string of the molecule is COc1cc(/C=C2/C(=O)N(c3ccccc3)N=C2C)cc(Cl)c1OS(=O)(=O)c1ccccc1. The number of hydrazone groups is 1. The number of para-hydroxylation sites is 1. The third-order valence-corrected chi connectivity index (χ3v) is 6.37. The highest BCUT2D eigenvalue weighted by Crippen LogP contribution is 2.39. The number of rotatable bonds is 6. The average molecular weight is 483 g/mol. The van der Waals surface area contributed by atoms with Crippen molar-refractivity contribution >= 4 is 45.1 Å². The molecule has 0 fully saturated rings. The van der Waals surface area contributed by atoms with Gasteiger partial charge in [0.05, 0.1) is 29.1 Å². The molecule has 0 atom stereocenters. The summed E-state index contributed by atoms with van der Waals surface area (Å²) in [6.45, 7) is 1.73. The Hall–Kier alpha value is -3.62. The maximum Gasteiger partial charge on any atom is 0.339 e. The van der Waals surface area contributed by atoms with Crippen LogP contribution in [0.15, 0.2) is 88.4 Å². The van der Waals surface area contributed by atoms with Gasteiger partial charge in [0, 0.05) is 0 Å². The van der Waals surface area contributed by atoms with Gasteiger partial charge in [0.1, 0.15) is 4.90 Å². The van der Waals surface area contributed by atoms with E-state index in [1.54, 1.807) is 49.4 Å². The molecule has 3 aromatic carbocycles. The van der Waals surface area contributed by atoms with Crippen molar-refractivity contribution in [2.24, 2.45) is 5.10 Å². The number of ether oxygens (including phenoxy) is 1. The molecule has 1 aliphatic rings. The van der Waals surface area contributed by atoms with Gasteiger partial charge in [-0.3, -0.25) is 4.79 Å². The summed E-state index contributed by atoms with van der Waals surface area (Å²) in [5.74, 6) is -0.325. The van der Waals surface area contributed by atoms with Crippen molar-refractivity contribution in [3.8, 4) is 11.5 Å². The molecule has 33 heavy (non-hydrogen) atoms. The van der Waals surface area contributed by atoms with Crippen LogP contribution in [-0.4, -0.2) is 27.1 Å². The molecule has 0 N–H and O–H groups in total. The molecule has 168 valence electrons. The summed E-state index contributed by atoms with van der Waals surface area (Å²) >= 11 is 6.37. The van der Waals surface area contributed by atoms with E-state index in [4.69, 9.17) is 20.5 Å². The van der Waals surface area contributed by atoms with Gasteiger partial charge in [0.25, 0.3) is 5.91 Å². The Morgan fingerprint density at radius 3 is 2.27 bits per heavy atom. The van der Waals surface area contributed by atoms with Crippen molar-refractivity contribution in [1.82, 2.24) is 0 Å². The highest BCUT2D eigenvalue weighted by Gasteiger charge is 2.29. The second kappa shape index (κ2) is 9.09. The van der Waals surface area contributed by atoms with Gasteiger partial charge in [-0.25, -0.2) is 0 Å². The number of nitrogens with zero attached hydrogens (tertiary/aromatic N) is 2. The first-order valence-corrected chi connectivity index (χ1v) is 11.6. The summed E-state index contributed by atoms with van der Waals surface area (Å²) in [6, 6.07) is 19.8. The van der Waals surface area contributed by atoms with Crippen LogP contribution < -0.4 is 13.9 Å². The minimum absolute atomic E-state index is 0.0145. The van der Waals surface area contributed by atoms with E-state index in [0.717, 1.165) is 0 Å². The van der Waals surface area contributed by atoms with Crippen LogP contribution in [0.3, 0.4) is 0 Å². The second-order valence-electron chi connectivity index (χ2n) is 7.08. The van der Waals surface area contributed by atoms with Gasteiger partial charge >= 0.3 is 10.1 Å². The number of amides is 1. The lowest BCUT2D eigenvalue weighted by atomic mass is 10.1. The highest BCUT2D eigenvalue weighted by atomic mass is 35.5. The monoisotopic (exact) mass is 482 g/mol. The molecule has 1 heterocycles. The molecule has 3 aromatic rings. The lowest BCUT2D eigenvalue weighted by Gasteiger charge is -2.13. The first kappa shape index (κ1) is 22.6. The molecule has 0 saturated heterocycles. The van der Waals surface area contributed by atoms with Crippen LogP contribution in [0.5, 0.6) is 11.5 Å². The van der Waals surface area contributed by atoms with Gasteiger partial charge in [-0.1, -0.05) is 48.0 Å². The van der Waals surface area contributed by atoms with Crippen LogP contribution in [0.1, 0.15) is 12.5 Å². The summed E-state index contributed by atoms with van der Waals surface area (Å²) in [5.41, 5.74) is 2.08. The van der Waals surface area contributed by atoms with Crippen molar-refractivity contribution in [1.29, 1.82) is 0 Å². The van der Waals surface area contributed by atoms with Crippen LogP contribution in [0.25, 0.3) is 6.08 Å². The molecule has 7 nitrogen and oxygen atoms in total. The van der Waals surface area contributed by atoms with Gasteiger partial charge in [-0.05, 0) is 55.0 Å². The Morgan fingerprint density at radius 2 is 1.64 bits per heavy atom. The van der Waals surface area contributed by atoms with Gasteiger partial charge in [-0.15, -0.1) is 0 Å². The molecular formula is C24H19ClN2O5S. The van der Waals surface area contributed by atoms with Crippen LogP contribution in [-0.2, 0) is 14.9 Å².